The number of anilines is 1. The minimum Gasteiger partial charge on any atom is -0.331 e. The Balaban J connectivity index is 1.85. The summed E-state index contributed by atoms with van der Waals surface area (Å²) in [5.74, 6) is -0.904. The van der Waals surface area contributed by atoms with Crippen molar-refractivity contribution in [2.45, 2.75) is 6.54 Å². The molecule has 7 nitrogen and oxygen atoms in total. The maximum Gasteiger partial charge on any atom is 0.270 e. The number of halogens is 1. The Morgan fingerprint density at radius 1 is 1.00 bits per heavy atom. The number of aromatic nitrogens is 1. The standard InChI is InChI=1S/C21H14FN3O4/c22-13-4-3-5-14(10-13)23-20(26)12-24-18-7-2-1-6-16(18)21(27)17-11-15(25(28)29)8-9-19(17)24/h1-11H,12H2,(H,23,26). The Morgan fingerprint density at radius 3 is 2.52 bits per heavy atom. The van der Waals surface area contributed by atoms with Gasteiger partial charge >= 0.3 is 0 Å². The molecule has 0 saturated carbocycles. The van der Waals surface area contributed by atoms with Gasteiger partial charge in [0.05, 0.1) is 21.3 Å². The molecule has 0 radical (unpaired) electrons. The summed E-state index contributed by atoms with van der Waals surface area (Å²) in [6.45, 7) is -0.161. The second-order valence-electron chi connectivity index (χ2n) is 6.45. The number of para-hydroxylation sites is 1. The first kappa shape index (κ1) is 18.3. The number of amides is 1. The SMILES string of the molecule is O=C(Cn1c2ccccc2c(=O)c2cc([N+](=O)[O-])ccc21)Nc1cccc(F)c1. The van der Waals surface area contributed by atoms with E-state index >= 15 is 0 Å². The van der Waals surface area contributed by atoms with E-state index in [9.17, 15) is 24.1 Å². The lowest BCUT2D eigenvalue weighted by Crippen LogP contribution is -2.21. The van der Waals surface area contributed by atoms with E-state index in [1.165, 1.54) is 36.4 Å². The van der Waals surface area contributed by atoms with Crippen molar-refractivity contribution in [3.8, 4) is 0 Å². The van der Waals surface area contributed by atoms with Gasteiger partial charge < -0.3 is 9.88 Å². The topological polar surface area (TPSA) is 94.2 Å². The number of carbonyl (C=O) groups excluding carboxylic acids is 1. The molecule has 0 aliphatic heterocycles. The number of nitro groups is 1. The van der Waals surface area contributed by atoms with Crippen molar-refractivity contribution in [3.63, 3.8) is 0 Å². The molecule has 4 rings (SSSR count). The molecule has 1 amide bonds. The van der Waals surface area contributed by atoms with Gasteiger partial charge in [-0.25, -0.2) is 4.39 Å². The molecule has 144 valence electrons. The first-order valence-electron chi connectivity index (χ1n) is 8.69. The molecule has 0 saturated heterocycles. The maximum atomic E-state index is 13.4. The predicted octanol–water partition coefficient (Wildman–Crippen LogP) is 3.84. The van der Waals surface area contributed by atoms with E-state index in [1.807, 2.05) is 0 Å². The van der Waals surface area contributed by atoms with Gasteiger partial charge in [0.25, 0.3) is 5.69 Å². The molecule has 0 aliphatic rings. The summed E-state index contributed by atoms with van der Waals surface area (Å²) in [6.07, 6.45) is 0. The number of benzene rings is 3. The van der Waals surface area contributed by atoms with Crippen molar-refractivity contribution in [3.05, 3.63) is 92.9 Å². The molecule has 1 heterocycles. The van der Waals surface area contributed by atoms with Gasteiger partial charge in [0, 0.05) is 23.2 Å². The summed E-state index contributed by atoms with van der Waals surface area (Å²) in [6, 6.07) is 16.2. The zero-order chi connectivity index (χ0) is 20.5. The highest BCUT2D eigenvalue weighted by Crippen LogP contribution is 2.23. The molecule has 0 fully saturated rings. The van der Waals surface area contributed by atoms with Crippen LogP contribution in [0.2, 0.25) is 0 Å². The Bertz CT molecular complexity index is 1350. The van der Waals surface area contributed by atoms with Crippen LogP contribution >= 0.6 is 0 Å². The number of hydrogen-bond acceptors (Lipinski definition) is 4. The van der Waals surface area contributed by atoms with Crippen molar-refractivity contribution in [2.75, 3.05) is 5.32 Å². The summed E-state index contributed by atoms with van der Waals surface area (Å²) < 4.78 is 15.0. The van der Waals surface area contributed by atoms with Crippen molar-refractivity contribution >= 4 is 39.1 Å². The summed E-state index contributed by atoms with van der Waals surface area (Å²) in [5.41, 5.74) is 0.670. The molecule has 1 aromatic heterocycles. The van der Waals surface area contributed by atoms with Crippen LogP contribution in [0.5, 0.6) is 0 Å². The van der Waals surface area contributed by atoms with Gasteiger partial charge in [-0.15, -0.1) is 0 Å². The van der Waals surface area contributed by atoms with Gasteiger partial charge in [0.15, 0.2) is 5.43 Å². The number of non-ortho nitro benzene ring substituents is 1. The van der Waals surface area contributed by atoms with E-state index in [4.69, 9.17) is 0 Å². The highest BCUT2D eigenvalue weighted by Gasteiger charge is 2.16. The first-order valence-corrected chi connectivity index (χ1v) is 8.69. The van der Waals surface area contributed by atoms with Crippen LogP contribution in [0.1, 0.15) is 0 Å². The van der Waals surface area contributed by atoms with Gasteiger partial charge in [-0.1, -0.05) is 18.2 Å². The number of hydrogen-bond donors (Lipinski definition) is 1. The quantitative estimate of drug-likeness (QED) is 0.325. The minimum atomic E-state index is -0.574. The van der Waals surface area contributed by atoms with Crippen LogP contribution in [0.3, 0.4) is 0 Å². The molecular weight excluding hydrogens is 377 g/mol. The smallest absolute Gasteiger partial charge is 0.270 e. The largest absolute Gasteiger partial charge is 0.331 e. The summed E-state index contributed by atoms with van der Waals surface area (Å²) in [5, 5.41) is 14.2. The molecule has 0 aliphatic carbocycles. The van der Waals surface area contributed by atoms with Gasteiger partial charge in [-0.3, -0.25) is 19.7 Å². The first-order chi connectivity index (χ1) is 13.9. The maximum absolute atomic E-state index is 13.4. The fourth-order valence-electron chi connectivity index (χ4n) is 3.31. The third-order valence-electron chi connectivity index (χ3n) is 4.58. The summed E-state index contributed by atoms with van der Waals surface area (Å²) in [4.78, 5) is 36.0. The number of nitro benzene ring substituents is 1. The Hall–Kier alpha value is -4.07. The van der Waals surface area contributed by atoms with Crippen molar-refractivity contribution in [2.24, 2.45) is 0 Å². The fourth-order valence-corrected chi connectivity index (χ4v) is 3.31. The molecule has 0 spiro atoms. The average Bonchev–Trinajstić information content (AvgIpc) is 2.70. The van der Waals surface area contributed by atoms with Crippen LogP contribution in [-0.2, 0) is 11.3 Å². The number of nitrogens with one attached hydrogen (secondary N) is 1. The molecule has 0 atom stereocenters. The third-order valence-corrected chi connectivity index (χ3v) is 4.58. The second-order valence-corrected chi connectivity index (χ2v) is 6.45. The van der Waals surface area contributed by atoms with Gasteiger partial charge in [0.1, 0.15) is 12.4 Å². The van der Waals surface area contributed by atoms with Crippen molar-refractivity contribution in [1.29, 1.82) is 0 Å². The lowest BCUT2D eigenvalue weighted by molar-refractivity contribution is -0.384. The third kappa shape index (κ3) is 3.43. The van der Waals surface area contributed by atoms with Gasteiger partial charge in [-0.2, -0.15) is 0 Å². The average molecular weight is 391 g/mol. The second kappa shape index (κ2) is 7.16. The number of fused-ring (bicyclic) bond motifs is 2. The van der Waals surface area contributed by atoms with Crippen molar-refractivity contribution < 1.29 is 14.1 Å². The van der Waals surface area contributed by atoms with Crippen LogP contribution < -0.4 is 10.7 Å². The van der Waals surface area contributed by atoms with Crippen LogP contribution in [-0.4, -0.2) is 15.4 Å². The molecule has 0 bridgehead atoms. The van der Waals surface area contributed by atoms with Crippen LogP contribution in [0.4, 0.5) is 15.8 Å². The Morgan fingerprint density at radius 2 is 1.76 bits per heavy atom. The molecule has 29 heavy (non-hydrogen) atoms. The zero-order valence-electron chi connectivity index (χ0n) is 15.0. The van der Waals surface area contributed by atoms with Crippen LogP contribution in [0.25, 0.3) is 21.8 Å². The summed E-state index contributed by atoms with van der Waals surface area (Å²) in [7, 11) is 0. The van der Waals surface area contributed by atoms with E-state index in [0.717, 1.165) is 0 Å². The number of pyridine rings is 1. The van der Waals surface area contributed by atoms with Crippen LogP contribution in [0.15, 0.2) is 71.5 Å². The summed E-state index contributed by atoms with van der Waals surface area (Å²) >= 11 is 0. The zero-order valence-corrected chi connectivity index (χ0v) is 15.0. The number of carbonyl (C=O) groups is 1. The highest BCUT2D eigenvalue weighted by atomic mass is 19.1. The fraction of sp³-hybridized carbons (Fsp3) is 0.0476. The molecule has 3 aromatic carbocycles. The Labute approximate surface area is 163 Å². The number of nitrogens with zero attached hydrogens (tertiary/aromatic N) is 2. The van der Waals surface area contributed by atoms with Crippen LogP contribution in [0, 0.1) is 15.9 Å². The molecule has 1 N–H and O–H groups in total. The molecule has 8 heteroatoms. The lowest BCUT2D eigenvalue weighted by atomic mass is 10.1. The van der Waals surface area contributed by atoms with Gasteiger partial charge in [-0.05, 0) is 36.4 Å². The number of rotatable bonds is 4. The molecule has 4 aromatic rings. The van der Waals surface area contributed by atoms with E-state index in [2.05, 4.69) is 5.32 Å². The van der Waals surface area contributed by atoms with E-state index in [0.29, 0.717) is 22.1 Å². The Kier molecular flexibility index (Phi) is 4.52. The van der Waals surface area contributed by atoms with Gasteiger partial charge in [0.2, 0.25) is 5.91 Å². The van der Waals surface area contributed by atoms with E-state index in [-0.39, 0.29) is 23.0 Å². The van der Waals surface area contributed by atoms with E-state index in [1.54, 1.807) is 34.9 Å². The molecular formula is C21H14FN3O4. The highest BCUT2D eigenvalue weighted by molar-refractivity contribution is 5.97. The minimum absolute atomic E-state index is 0.149. The van der Waals surface area contributed by atoms with E-state index < -0.39 is 16.6 Å². The molecule has 0 unspecified atom stereocenters. The normalized spacial score (nSPS) is 10.9. The monoisotopic (exact) mass is 391 g/mol. The lowest BCUT2D eigenvalue weighted by Gasteiger charge is -2.15. The van der Waals surface area contributed by atoms with Crippen molar-refractivity contribution in [1.82, 2.24) is 4.57 Å². The predicted molar refractivity (Wildman–Crippen MR) is 107 cm³/mol.